The van der Waals surface area contributed by atoms with E-state index < -0.39 is 23.5 Å². The number of likely N-dealkylation sites (tertiary alicyclic amines) is 1. The van der Waals surface area contributed by atoms with Gasteiger partial charge in [-0.3, -0.25) is 4.79 Å². The van der Waals surface area contributed by atoms with Gasteiger partial charge in [-0.1, -0.05) is 24.3 Å². The van der Waals surface area contributed by atoms with Crippen LogP contribution in [0.2, 0.25) is 0 Å². The molecule has 0 radical (unpaired) electrons. The molecular weight excluding hydrogens is 506 g/mol. The molecule has 1 aliphatic carbocycles. The van der Waals surface area contributed by atoms with Crippen LogP contribution in [-0.2, 0) is 11.2 Å². The van der Waals surface area contributed by atoms with Gasteiger partial charge >= 0.3 is 12.4 Å². The van der Waals surface area contributed by atoms with Crippen molar-refractivity contribution >= 4 is 11.9 Å². The summed E-state index contributed by atoms with van der Waals surface area (Å²) in [6.45, 7) is 0.935. The summed E-state index contributed by atoms with van der Waals surface area (Å²) in [4.78, 5) is 27.0. The van der Waals surface area contributed by atoms with Gasteiger partial charge in [-0.2, -0.15) is 0 Å². The van der Waals surface area contributed by atoms with Crippen molar-refractivity contribution in [1.29, 1.82) is 0 Å². The fourth-order valence-electron chi connectivity index (χ4n) is 5.50. The molecule has 2 aromatic rings. The van der Waals surface area contributed by atoms with Crippen molar-refractivity contribution in [2.45, 2.75) is 62.4 Å². The number of hydrogen-bond acceptors (Lipinski definition) is 4. The number of hydrogen-bond donors (Lipinski definition) is 2. The van der Waals surface area contributed by atoms with Crippen LogP contribution in [-0.4, -0.2) is 54.5 Å². The summed E-state index contributed by atoms with van der Waals surface area (Å²) in [5.74, 6) is -0.889. The Balaban J connectivity index is 1.31. The number of para-hydroxylation sites is 1. The van der Waals surface area contributed by atoms with Crippen LogP contribution in [0.25, 0.3) is 0 Å². The predicted octanol–water partition coefficient (Wildman–Crippen LogP) is 4.66. The number of carbonyl (C=O) groups is 2. The highest BCUT2D eigenvalue weighted by atomic mass is 19.4. The Hall–Kier alpha value is -3.50. The van der Waals surface area contributed by atoms with E-state index in [0.29, 0.717) is 38.2 Å². The van der Waals surface area contributed by atoms with Crippen molar-refractivity contribution in [1.82, 2.24) is 15.5 Å². The minimum Gasteiger partial charge on any atom is -0.490 e. The summed E-state index contributed by atoms with van der Waals surface area (Å²) in [6, 6.07) is 9.74. The van der Waals surface area contributed by atoms with Crippen LogP contribution < -0.4 is 20.1 Å². The average molecular weight is 536 g/mol. The van der Waals surface area contributed by atoms with Crippen molar-refractivity contribution in [3.8, 4) is 11.5 Å². The molecule has 3 fully saturated rings. The van der Waals surface area contributed by atoms with Crippen molar-refractivity contribution in [2.24, 2.45) is 0 Å². The van der Waals surface area contributed by atoms with E-state index >= 15 is 0 Å². The number of ether oxygens (including phenoxy) is 2. The summed E-state index contributed by atoms with van der Waals surface area (Å²) in [6.07, 6.45) is -1.31. The van der Waals surface area contributed by atoms with E-state index in [1.807, 2.05) is 0 Å². The zero-order valence-corrected chi connectivity index (χ0v) is 20.7. The van der Waals surface area contributed by atoms with Crippen LogP contribution in [0.5, 0.6) is 11.5 Å². The summed E-state index contributed by atoms with van der Waals surface area (Å²) in [5, 5.41) is 5.90. The Kier molecular flexibility index (Phi) is 7.11. The predicted molar refractivity (Wildman–Crippen MR) is 129 cm³/mol. The van der Waals surface area contributed by atoms with Crippen LogP contribution in [0.4, 0.5) is 22.4 Å². The third-order valence-corrected chi connectivity index (χ3v) is 7.74. The Morgan fingerprint density at radius 2 is 1.82 bits per heavy atom. The van der Waals surface area contributed by atoms with Gasteiger partial charge in [0.25, 0.3) is 0 Å². The molecule has 3 aliphatic rings. The molecule has 11 heteroatoms. The first-order chi connectivity index (χ1) is 18.1. The van der Waals surface area contributed by atoms with E-state index in [4.69, 9.17) is 4.74 Å². The second-order valence-electron chi connectivity index (χ2n) is 10.1. The van der Waals surface area contributed by atoms with E-state index in [2.05, 4.69) is 15.4 Å². The maximum atomic E-state index is 14.1. The van der Waals surface area contributed by atoms with Crippen LogP contribution >= 0.6 is 0 Å². The molecule has 5 rings (SSSR count). The summed E-state index contributed by atoms with van der Waals surface area (Å²) in [5.41, 5.74) is 0.252. The number of halogens is 4. The highest BCUT2D eigenvalue weighted by Crippen LogP contribution is 2.43. The molecule has 2 N–H and O–H groups in total. The normalized spacial score (nSPS) is 21.3. The Labute approximate surface area is 217 Å². The van der Waals surface area contributed by atoms with Crippen molar-refractivity contribution < 1.29 is 36.6 Å². The molecule has 3 amide bonds. The molecule has 0 bridgehead atoms. The summed E-state index contributed by atoms with van der Waals surface area (Å²) < 4.78 is 62.7. The van der Waals surface area contributed by atoms with Crippen molar-refractivity contribution in [3.05, 3.63) is 59.4 Å². The summed E-state index contributed by atoms with van der Waals surface area (Å²) >= 11 is 0. The molecule has 38 heavy (non-hydrogen) atoms. The lowest BCUT2D eigenvalue weighted by Gasteiger charge is -2.50. The van der Waals surface area contributed by atoms with Crippen LogP contribution in [0.1, 0.15) is 49.1 Å². The Morgan fingerprint density at radius 1 is 1.08 bits per heavy atom. The minimum atomic E-state index is -4.86. The number of rotatable bonds is 6. The van der Waals surface area contributed by atoms with E-state index in [1.54, 1.807) is 17.0 Å². The van der Waals surface area contributed by atoms with Crippen LogP contribution in [0.3, 0.4) is 0 Å². The molecule has 2 heterocycles. The number of amides is 3. The zero-order chi connectivity index (χ0) is 26.9. The molecule has 0 aromatic heterocycles. The Bertz CT molecular complexity index is 1190. The van der Waals surface area contributed by atoms with E-state index in [-0.39, 0.29) is 35.9 Å². The van der Waals surface area contributed by atoms with Gasteiger partial charge in [-0.05, 0) is 44.2 Å². The van der Waals surface area contributed by atoms with Gasteiger partial charge in [0.1, 0.15) is 17.3 Å². The molecule has 1 unspecified atom stereocenters. The number of benzene rings is 2. The summed E-state index contributed by atoms with van der Waals surface area (Å²) in [7, 11) is 0. The number of urea groups is 1. The molecular formula is C27H29F4N3O4. The smallest absolute Gasteiger partial charge is 0.490 e. The quantitative estimate of drug-likeness (QED) is 0.528. The number of alkyl halides is 3. The number of nitrogens with one attached hydrogen (secondary N) is 2. The third-order valence-electron chi connectivity index (χ3n) is 7.74. The maximum Gasteiger partial charge on any atom is 0.573 e. The zero-order valence-electron chi connectivity index (χ0n) is 20.7. The van der Waals surface area contributed by atoms with Gasteiger partial charge < -0.3 is 25.0 Å². The van der Waals surface area contributed by atoms with Crippen molar-refractivity contribution in [2.75, 3.05) is 19.6 Å². The number of piperidine rings is 1. The molecule has 1 saturated carbocycles. The van der Waals surface area contributed by atoms with Crippen molar-refractivity contribution in [3.63, 3.8) is 0 Å². The number of nitrogens with zero attached hydrogens (tertiary/aromatic N) is 1. The molecule has 1 spiro atoms. The average Bonchev–Trinajstić information content (AvgIpc) is 2.83. The van der Waals surface area contributed by atoms with Gasteiger partial charge in [0.05, 0.1) is 18.1 Å². The second kappa shape index (κ2) is 10.3. The highest BCUT2D eigenvalue weighted by molar-refractivity contribution is 5.80. The highest BCUT2D eigenvalue weighted by Gasteiger charge is 2.47. The first-order valence-electron chi connectivity index (χ1n) is 12.8. The minimum absolute atomic E-state index is 0.0429. The molecule has 7 nitrogen and oxygen atoms in total. The second-order valence-corrected chi connectivity index (χ2v) is 10.1. The third kappa shape index (κ3) is 5.66. The fourth-order valence-corrected chi connectivity index (χ4v) is 5.50. The molecule has 1 atom stereocenters. The van der Waals surface area contributed by atoms with E-state index in [0.717, 1.165) is 24.8 Å². The lowest BCUT2D eigenvalue weighted by molar-refractivity contribution is -0.274. The number of carbonyl (C=O) groups excluding carboxylic acids is 2. The van der Waals surface area contributed by atoms with Gasteiger partial charge in [-0.25, -0.2) is 9.18 Å². The SMILES string of the molecule is O=C1NCC(c2ccc(F)cc2OC2CCC2)C2(CCN(C(=O)Cc3ccccc3OC(F)(F)F)CC2)N1. The molecule has 2 aromatic carbocycles. The standard InChI is InChI=1S/C27H29F4N3O4/c28-18-8-9-20(23(15-18)37-19-5-3-6-19)21-16-32-25(36)33-26(21)10-12-34(13-11-26)24(35)14-17-4-1-2-7-22(17)38-27(29,30)31/h1-2,4,7-9,15,19,21H,3,5-6,10-14,16H2,(H2,32,33,36). The maximum absolute atomic E-state index is 14.1. The fraction of sp³-hybridized carbons (Fsp3) is 0.481. The van der Waals surface area contributed by atoms with Gasteiger partial charge in [-0.15, -0.1) is 13.2 Å². The van der Waals surface area contributed by atoms with Gasteiger partial charge in [0, 0.05) is 42.7 Å². The largest absolute Gasteiger partial charge is 0.573 e. The molecule has 204 valence electrons. The van der Waals surface area contributed by atoms with Crippen LogP contribution in [0.15, 0.2) is 42.5 Å². The Morgan fingerprint density at radius 3 is 2.50 bits per heavy atom. The topological polar surface area (TPSA) is 79.9 Å². The van der Waals surface area contributed by atoms with Gasteiger partial charge in [0.2, 0.25) is 5.91 Å². The molecule has 2 saturated heterocycles. The van der Waals surface area contributed by atoms with E-state index in [9.17, 15) is 27.2 Å². The first-order valence-corrected chi connectivity index (χ1v) is 12.8. The van der Waals surface area contributed by atoms with Crippen LogP contribution in [0, 0.1) is 5.82 Å². The van der Waals surface area contributed by atoms with E-state index in [1.165, 1.54) is 30.3 Å². The monoisotopic (exact) mass is 535 g/mol. The lowest BCUT2D eigenvalue weighted by Crippen LogP contribution is -2.66. The van der Waals surface area contributed by atoms with Gasteiger partial charge in [0.15, 0.2) is 0 Å². The lowest BCUT2D eigenvalue weighted by atomic mass is 9.71. The molecule has 2 aliphatic heterocycles. The first kappa shape index (κ1) is 26.1.